The number of guanidine groups is 1. The summed E-state index contributed by atoms with van der Waals surface area (Å²) in [6.07, 6.45) is 1.59. The Morgan fingerprint density at radius 1 is 1.04 bits per heavy atom. The van der Waals surface area contributed by atoms with Crippen molar-refractivity contribution in [3.05, 3.63) is 70.3 Å². The second-order valence-electron chi connectivity index (χ2n) is 4.67. The molecule has 128 valence electrons. The van der Waals surface area contributed by atoms with Gasteiger partial charge in [-0.25, -0.2) is 4.99 Å². The monoisotopic (exact) mass is 358 g/mol. The van der Waals surface area contributed by atoms with Crippen molar-refractivity contribution in [3.63, 3.8) is 0 Å². The molecule has 0 radical (unpaired) electrons. The van der Waals surface area contributed by atoms with Gasteiger partial charge in [-0.15, -0.1) is 0 Å². The minimum Gasteiger partial charge on any atom is -0.292 e. The van der Waals surface area contributed by atoms with Crippen molar-refractivity contribution in [3.8, 4) is 0 Å². The number of carbonyl (C=O) groups is 2. The lowest BCUT2D eigenvalue weighted by Gasteiger charge is -2.09. The number of hydrogen-bond acceptors (Lipinski definition) is 6. The van der Waals surface area contributed by atoms with Crippen molar-refractivity contribution >= 4 is 40.2 Å². The van der Waals surface area contributed by atoms with E-state index in [-0.39, 0.29) is 17.2 Å². The van der Waals surface area contributed by atoms with E-state index in [1.165, 1.54) is 24.3 Å². The lowest BCUT2D eigenvalue weighted by Crippen LogP contribution is -2.42. The standard InChI is InChI=1S/C16H14N4O4S/c1-25-16(22)19-15(17-12-5-3-2-4-6-12)18-14(21)11-7-9-13(10-8-11)20(23)24/h2-10H,1H3,(H2,17,18,19,21,22). The SMILES string of the molecule is CSC(=O)NC(=Nc1ccccc1)NC(=O)c1ccc([N+](=O)[O-])cc1. The van der Waals surface area contributed by atoms with Crippen LogP contribution in [0.15, 0.2) is 59.6 Å². The minimum absolute atomic E-state index is 0.0334. The summed E-state index contributed by atoms with van der Waals surface area (Å²) in [5.74, 6) is -0.583. The molecule has 8 nitrogen and oxygen atoms in total. The van der Waals surface area contributed by atoms with Gasteiger partial charge in [-0.3, -0.25) is 30.3 Å². The third-order valence-corrected chi connectivity index (χ3v) is 3.45. The number of rotatable bonds is 3. The average molecular weight is 358 g/mol. The van der Waals surface area contributed by atoms with Crippen LogP contribution in [0, 0.1) is 10.1 Å². The molecule has 0 unspecified atom stereocenters. The van der Waals surface area contributed by atoms with Crippen LogP contribution in [0.4, 0.5) is 16.2 Å². The highest BCUT2D eigenvalue weighted by Gasteiger charge is 2.13. The first-order valence-electron chi connectivity index (χ1n) is 7.04. The average Bonchev–Trinajstić information content (AvgIpc) is 2.62. The van der Waals surface area contributed by atoms with Gasteiger partial charge in [-0.1, -0.05) is 30.0 Å². The van der Waals surface area contributed by atoms with Crippen LogP contribution in [-0.4, -0.2) is 28.3 Å². The van der Waals surface area contributed by atoms with Crippen molar-refractivity contribution in [2.75, 3.05) is 6.26 Å². The van der Waals surface area contributed by atoms with Gasteiger partial charge in [0.15, 0.2) is 0 Å². The Bertz CT molecular complexity index is 807. The predicted molar refractivity (Wildman–Crippen MR) is 96.1 cm³/mol. The van der Waals surface area contributed by atoms with E-state index >= 15 is 0 Å². The molecule has 2 aromatic carbocycles. The fourth-order valence-corrected chi connectivity index (χ4v) is 1.98. The van der Waals surface area contributed by atoms with E-state index in [4.69, 9.17) is 0 Å². The third-order valence-electron chi connectivity index (χ3n) is 2.98. The summed E-state index contributed by atoms with van der Waals surface area (Å²) in [6, 6.07) is 13.9. The molecule has 0 aromatic heterocycles. The summed E-state index contributed by atoms with van der Waals surface area (Å²) in [7, 11) is 0. The number of amides is 2. The lowest BCUT2D eigenvalue weighted by atomic mass is 10.2. The van der Waals surface area contributed by atoms with Gasteiger partial charge in [0.25, 0.3) is 16.8 Å². The molecule has 0 saturated heterocycles. The third kappa shape index (κ3) is 5.43. The highest BCUT2D eigenvalue weighted by Crippen LogP contribution is 2.12. The van der Waals surface area contributed by atoms with Gasteiger partial charge in [0.2, 0.25) is 5.96 Å². The molecule has 2 aromatic rings. The van der Waals surface area contributed by atoms with E-state index < -0.39 is 16.1 Å². The molecule has 0 aliphatic carbocycles. The maximum atomic E-state index is 12.3. The van der Waals surface area contributed by atoms with Crippen LogP contribution >= 0.6 is 11.8 Å². The van der Waals surface area contributed by atoms with Gasteiger partial charge in [0, 0.05) is 17.7 Å². The molecule has 0 heterocycles. The van der Waals surface area contributed by atoms with E-state index in [0.717, 1.165) is 11.8 Å². The van der Waals surface area contributed by atoms with Crippen LogP contribution in [0.5, 0.6) is 0 Å². The van der Waals surface area contributed by atoms with E-state index in [1.807, 2.05) is 6.07 Å². The van der Waals surface area contributed by atoms with Gasteiger partial charge in [0.1, 0.15) is 0 Å². The Labute approximate surface area is 147 Å². The van der Waals surface area contributed by atoms with Crippen LogP contribution in [0.25, 0.3) is 0 Å². The van der Waals surface area contributed by atoms with E-state index in [0.29, 0.717) is 5.69 Å². The molecule has 0 bridgehead atoms. The van der Waals surface area contributed by atoms with Crippen LogP contribution in [0.3, 0.4) is 0 Å². The van der Waals surface area contributed by atoms with E-state index in [9.17, 15) is 19.7 Å². The number of benzene rings is 2. The van der Waals surface area contributed by atoms with Gasteiger partial charge in [-0.05, 0) is 30.5 Å². The summed E-state index contributed by atoms with van der Waals surface area (Å²) in [4.78, 5) is 38.2. The predicted octanol–water partition coefficient (Wildman–Crippen LogP) is 3.08. The molecule has 0 atom stereocenters. The van der Waals surface area contributed by atoms with Crippen molar-refractivity contribution in [2.24, 2.45) is 4.99 Å². The fraction of sp³-hybridized carbons (Fsp3) is 0.0625. The Hall–Kier alpha value is -3.20. The van der Waals surface area contributed by atoms with Crippen molar-refractivity contribution in [2.45, 2.75) is 0 Å². The van der Waals surface area contributed by atoms with E-state index in [2.05, 4.69) is 15.6 Å². The summed E-state index contributed by atoms with van der Waals surface area (Å²) in [6.45, 7) is 0. The number of thioether (sulfide) groups is 1. The number of carbonyl (C=O) groups excluding carboxylic acids is 2. The first-order valence-corrected chi connectivity index (χ1v) is 8.26. The molecule has 0 aliphatic heterocycles. The topological polar surface area (TPSA) is 114 Å². The first kappa shape index (κ1) is 18.1. The number of para-hydroxylation sites is 1. The maximum Gasteiger partial charge on any atom is 0.285 e. The Morgan fingerprint density at radius 2 is 1.68 bits per heavy atom. The number of non-ortho nitro benzene ring substituents is 1. The molecule has 9 heteroatoms. The summed E-state index contributed by atoms with van der Waals surface area (Å²) < 4.78 is 0. The molecule has 0 aliphatic rings. The zero-order valence-electron chi connectivity index (χ0n) is 13.1. The highest BCUT2D eigenvalue weighted by atomic mass is 32.2. The molecular formula is C16H14N4O4S. The number of hydrogen-bond donors (Lipinski definition) is 2. The fourth-order valence-electron chi connectivity index (χ4n) is 1.78. The molecule has 2 N–H and O–H groups in total. The minimum atomic E-state index is -0.553. The van der Waals surface area contributed by atoms with Crippen molar-refractivity contribution in [1.82, 2.24) is 10.6 Å². The van der Waals surface area contributed by atoms with Gasteiger partial charge < -0.3 is 0 Å². The van der Waals surface area contributed by atoms with E-state index in [1.54, 1.807) is 30.5 Å². The molecule has 0 spiro atoms. The summed E-state index contributed by atoms with van der Waals surface area (Å²) >= 11 is 0.935. The van der Waals surface area contributed by atoms with Crippen LogP contribution in [-0.2, 0) is 0 Å². The molecule has 2 amide bonds. The van der Waals surface area contributed by atoms with Crippen molar-refractivity contribution in [1.29, 1.82) is 0 Å². The molecule has 2 rings (SSSR count). The quantitative estimate of drug-likeness (QED) is 0.379. The molecule has 25 heavy (non-hydrogen) atoms. The highest BCUT2D eigenvalue weighted by molar-refractivity contribution is 8.13. The molecule has 0 saturated carbocycles. The zero-order chi connectivity index (χ0) is 18.2. The molecular weight excluding hydrogens is 344 g/mol. The Balaban J connectivity index is 2.20. The van der Waals surface area contributed by atoms with Gasteiger partial charge in [0.05, 0.1) is 10.6 Å². The summed E-state index contributed by atoms with van der Waals surface area (Å²) in [5.41, 5.74) is 0.623. The lowest BCUT2D eigenvalue weighted by molar-refractivity contribution is -0.384. The smallest absolute Gasteiger partial charge is 0.285 e. The summed E-state index contributed by atoms with van der Waals surface area (Å²) in [5, 5.41) is 15.2. The normalized spacial score (nSPS) is 10.8. The second-order valence-corrected chi connectivity index (χ2v) is 5.45. The Kier molecular flexibility index (Phi) is 6.24. The Morgan fingerprint density at radius 3 is 2.24 bits per heavy atom. The van der Waals surface area contributed by atoms with Crippen LogP contribution in [0.2, 0.25) is 0 Å². The largest absolute Gasteiger partial charge is 0.292 e. The number of nitrogens with one attached hydrogen (secondary N) is 2. The number of nitrogens with zero attached hydrogens (tertiary/aromatic N) is 2. The first-order chi connectivity index (χ1) is 12.0. The van der Waals surface area contributed by atoms with Gasteiger partial charge >= 0.3 is 0 Å². The number of nitro benzene ring substituents is 1. The number of aliphatic imine (C=N–C) groups is 1. The zero-order valence-corrected chi connectivity index (χ0v) is 13.9. The van der Waals surface area contributed by atoms with Crippen LogP contribution < -0.4 is 10.6 Å². The van der Waals surface area contributed by atoms with Gasteiger partial charge in [-0.2, -0.15) is 0 Å². The maximum absolute atomic E-state index is 12.3. The van der Waals surface area contributed by atoms with Crippen LogP contribution in [0.1, 0.15) is 10.4 Å². The second kappa shape index (κ2) is 8.60. The van der Waals surface area contributed by atoms with Crippen molar-refractivity contribution < 1.29 is 14.5 Å². The molecule has 0 fully saturated rings. The number of nitro groups is 1.